The van der Waals surface area contributed by atoms with Gasteiger partial charge >= 0.3 is 0 Å². The van der Waals surface area contributed by atoms with Crippen molar-refractivity contribution in [2.75, 3.05) is 13.2 Å². The quantitative estimate of drug-likeness (QED) is 0.720. The Labute approximate surface area is 101 Å². The third-order valence-corrected chi connectivity index (χ3v) is 3.41. The predicted molar refractivity (Wildman–Crippen MR) is 69.7 cm³/mol. The first-order chi connectivity index (χ1) is 7.53. The third kappa shape index (κ3) is 5.31. The van der Waals surface area contributed by atoms with Crippen molar-refractivity contribution in [1.82, 2.24) is 5.32 Å². The molecule has 0 aromatic carbocycles. The van der Waals surface area contributed by atoms with Crippen LogP contribution < -0.4 is 5.32 Å². The van der Waals surface area contributed by atoms with Crippen molar-refractivity contribution in [1.29, 1.82) is 0 Å². The minimum atomic E-state index is 0.398. The van der Waals surface area contributed by atoms with E-state index in [2.05, 4.69) is 33.0 Å². The second kappa shape index (κ2) is 6.61. The van der Waals surface area contributed by atoms with Crippen LogP contribution in [0.4, 0.5) is 0 Å². The maximum Gasteiger partial charge on any atom is 0.0581 e. The maximum absolute atomic E-state index is 5.73. The molecule has 96 valence electrons. The molecule has 16 heavy (non-hydrogen) atoms. The van der Waals surface area contributed by atoms with E-state index in [0.717, 1.165) is 13.2 Å². The van der Waals surface area contributed by atoms with Crippen LogP contribution in [0.5, 0.6) is 0 Å². The Morgan fingerprint density at radius 1 is 1.44 bits per heavy atom. The van der Waals surface area contributed by atoms with Gasteiger partial charge in [0.25, 0.3) is 0 Å². The summed E-state index contributed by atoms with van der Waals surface area (Å²) in [6, 6.07) is 0.622. The van der Waals surface area contributed by atoms with Gasteiger partial charge in [-0.2, -0.15) is 0 Å². The summed E-state index contributed by atoms with van der Waals surface area (Å²) in [6.07, 6.45) is 6.72. The molecule has 1 N–H and O–H groups in total. The molecule has 1 rings (SSSR count). The molecule has 0 bridgehead atoms. The first kappa shape index (κ1) is 14.0. The van der Waals surface area contributed by atoms with Gasteiger partial charge in [-0.15, -0.1) is 0 Å². The Balaban J connectivity index is 2.25. The van der Waals surface area contributed by atoms with Crippen LogP contribution in [0.3, 0.4) is 0 Å². The molecule has 0 spiro atoms. The molecule has 0 radical (unpaired) electrons. The summed E-state index contributed by atoms with van der Waals surface area (Å²) in [4.78, 5) is 0. The fraction of sp³-hybridized carbons (Fsp3) is 1.00. The van der Waals surface area contributed by atoms with Crippen LogP contribution in [-0.4, -0.2) is 25.3 Å². The molecule has 1 fully saturated rings. The minimum absolute atomic E-state index is 0.398. The highest BCUT2D eigenvalue weighted by molar-refractivity contribution is 4.80. The van der Waals surface area contributed by atoms with E-state index in [1.807, 2.05) is 0 Å². The van der Waals surface area contributed by atoms with Crippen LogP contribution in [0.25, 0.3) is 0 Å². The molecule has 2 atom stereocenters. The topological polar surface area (TPSA) is 21.3 Å². The first-order valence-corrected chi connectivity index (χ1v) is 6.88. The molecule has 1 aliphatic heterocycles. The lowest BCUT2D eigenvalue weighted by Crippen LogP contribution is -2.33. The van der Waals surface area contributed by atoms with Gasteiger partial charge in [-0.25, -0.2) is 0 Å². The van der Waals surface area contributed by atoms with E-state index in [-0.39, 0.29) is 0 Å². The van der Waals surface area contributed by atoms with E-state index in [1.54, 1.807) is 0 Å². The first-order valence-electron chi connectivity index (χ1n) is 6.88. The number of hydrogen-bond acceptors (Lipinski definition) is 2. The number of nitrogens with one attached hydrogen (secondary N) is 1. The lowest BCUT2D eigenvalue weighted by Gasteiger charge is -2.30. The number of hydrogen-bond donors (Lipinski definition) is 1. The molecule has 0 aromatic rings. The van der Waals surface area contributed by atoms with Crippen molar-refractivity contribution < 1.29 is 4.74 Å². The summed E-state index contributed by atoms with van der Waals surface area (Å²) < 4.78 is 5.73. The number of ether oxygens (including phenoxy) is 1. The predicted octanol–water partition coefficient (Wildman–Crippen LogP) is 3.36. The fourth-order valence-electron chi connectivity index (χ4n) is 2.80. The second-order valence-corrected chi connectivity index (χ2v) is 6.06. The molecule has 1 aliphatic rings. The summed E-state index contributed by atoms with van der Waals surface area (Å²) in [5, 5.41) is 3.57. The molecular formula is C14H29NO. The standard InChI is InChI=1S/C14H29NO/c1-5-8-15-12(2)10-14(3,4)11-13-7-6-9-16-13/h12-13,15H,5-11H2,1-4H3. The Hall–Kier alpha value is -0.0800. The molecular weight excluding hydrogens is 198 g/mol. The fourth-order valence-corrected chi connectivity index (χ4v) is 2.80. The zero-order valence-electron chi connectivity index (χ0n) is 11.5. The smallest absolute Gasteiger partial charge is 0.0581 e. The van der Waals surface area contributed by atoms with Gasteiger partial charge in [0.1, 0.15) is 0 Å². The average molecular weight is 227 g/mol. The third-order valence-electron chi connectivity index (χ3n) is 3.41. The molecule has 1 saturated heterocycles. The molecule has 0 aromatic heterocycles. The van der Waals surface area contributed by atoms with Crippen LogP contribution in [0, 0.1) is 5.41 Å². The van der Waals surface area contributed by atoms with E-state index in [9.17, 15) is 0 Å². The van der Waals surface area contributed by atoms with E-state index in [0.29, 0.717) is 17.6 Å². The van der Waals surface area contributed by atoms with Gasteiger partial charge in [0.05, 0.1) is 6.10 Å². The molecule has 1 heterocycles. The highest BCUT2D eigenvalue weighted by Crippen LogP contribution is 2.32. The molecule has 0 saturated carbocycles. The zero-order chi connectivity index (χ0) is 12.0. The molecule has 0 aliphatic carbocycles. The monoisotopic (exact) mass is 227 g/mol. The highest BCUT2D eigenvalue weighted by Gasteiger charge is 2.27. The van der Waals surface area contributed by atoms with Crippen molar-refractivity contribution in [3.63, 3.8) is 0 Å². The van der Waals surface area contributed by atoms with Crippen LogP contribution in [-0.2, 0) is 4.74 Å². The van der Waals surface area contributed by atoms with E-state index in [1.165, 1.54) is 32.1 Å². The lowest BCUT2D eigenvalue weighted by atomic mass is 9.80. The zero-order valence-corrected chi connectivity index (χ0v) is 11.5. The summed E-state index contributed by atoms with van der Waals surface area (Å²) in [5.74, 6) is 0. The Kier molecular flexibility index (Phi) is 5.77. The summed E-state index contributed by atoms with van der Waals surface area (Å²) in [5.41, 5.74) is 0.398. The minimum Gasteiger partial charge on any atom is -0.378 e. The largest absolute Gasteiger partial charge is 0.378 e. The van der Waals surface area contributed by atoms with E-state index >= 15 is 0 Å². The average Bonchev–Trinajstić information content (AvgIpc) is 2.65. The van der Waals surface area contributed by atoms with Crippen molar-refractivity contribution in [2.24, 2.45) is 5.41 Å². The summed E-state index contributed by atoms with van der Waals surface area (Å²) >= 11 is 0. The molecule has 2 heteroatoms. The Morgan fingerprint density at radius 2 is 2.19 bits per heavy atom. The molecule has 2 unspecified atom stereocenters. The van der Waals surface area contributed by atoms with Crippen LogP contribution >= 0.6 is 0 Å². The van der Waals surface area contributed by atoms with E-state index in [4.69, 9.17) is 4.74 Å². The van der Waals surface area contributed by atoms with Crippen LogP contribution in [0.1, 0.15) is 59.8 Å². The number of rotatable bonds is 7. The summed E-state index contributed by atoms with van der Waals surface area (Å²) in [6.45, 7) is 11.4. The molecule has 0 amide bonds. The molecule has 2 nitrogen and oxygen atoms in total. The second-order valence-electron chi connectivity index (χ2n) is 6.06. The lowest BCUT2D eigenvalue weighted by molar-refractivity contribution is 0.0660. The van der Waals surface area contributed by atoms with Crippen molar-refractivity contribution in [2.45, 2.75) is 71.9 Å². The van der Waals surface area contributed by atoms with Crippen molar-refractivity contribution in [3.05, 3.63) is 0 Å². The van der Waals surface area contributed by atoms with Gasteiger partial charge in [-0.05, 0) is 51.0 Å². The van der Waals surface area contributed by atoms with Gasteiger partial charge in [0, 0.05) is 12.6 Å². The highest BCUT2D eigenvalue weighted by atomic mass is 16.5. The summed E-state index contributed by atoms with van der Waals surface area (Å²) in [7, 11) is 0. The van der Waals surface area contributed by atoms with Gasteiger partial charge in [-0.1, -0.05) is 20.8 Å². The normalized spacial score (nSPS) is 23.6. The Bertz CT molecular complexity index is 185. The maximum atomic E-state index is 5.73. The SMILES string of the molecule is CCCNC(C)CC(C)(C)CC1CCCO1. The Morgan fingerprint density at radius 3 is 2.75 bits per heavy atom. The van der Waals surface area contributed by atoms with Gasteiger partial charge in [0.2, 0.25) is 0 Å². The van der Waals surface area contributed by atoms with Crippen LogP contribution in [0.2, 0.25) is 0 Å². The van der Waals surface area contributed by atoms with Crippen LogP contribution in [0.15, 0.2) is 0 Å². The van der Waals surface area contributed by atoms with Gasteiger partial charge < -0.3 is 10.1 Å². The van der Waals surface area contributed by atoms with Crippen molar-refractivity contribution in [3.8, 4) is 0 Å². The van der Waals surface area contributed by atoms with Crippen molar-refractivity contribution >= 4 is 0 Å². The van der Waals surface area contributed by atoms with Gasteiger partial charge in [-0.3, -0.25) is 0 Å². The van der Waals surface area contributed by atoms with Gasteiger partial charge in [0.15, 0.2) is 0 Å². The van der Waals surface area contributed by atoms with E-state index < -0.39 is 0 Å².